The van der Waals surface area contributed by atoms with E-state index in [0.717, 1.165) is 11.7 Å². The molecule has 0 amide bonds. The third-order valence-electron chi connectivity index (χ3n) is 3.92. The molecule has 0 N–H and O–H groups in total. The zero-order valence-electron chi connectivity index (χ0n) is 13.5. The van der Waals surface area contributed by atoms with Crippen LogP contribution < -0.4 is 0 Å². The molecule has 0 aliphatic carbocycles. The van der Waals surface area contributed by atoms with Gasteiger partial charge in [-0.2, -0.15) is 12.6 Å². The summed E-state index contributed by atoms with van der Waals surface area (Å²) in [6.07, 6.45) is 10.6. The van der Waals surface area contributed by atoms with E-state index in [-0.39, 0.29) is 0 Å². The second-order valence-electron chi connectivity index (χ2n) is 5.32. The van der Waals surface area contributed by atoms with Crippen LogP contribution >= 0.6 is 12.6 Å². The molecule has 0 bridgehead atoms. The van der Waals surface area contributed by atoms with Crippen LogP contribution in [0.15, 0.2) is 12.3 Å². The number of unbranched alkanes of at least 4 members (excludes halogenated alkanes) is 3. The molecule has 0 radical (unpaired) electrons. The summed E-state index contributed by atoms with van der Waals surface area (Å²) in [5.41, 5.74) is 1.38. The Morgan fingerprint density at radius 2 is 1.79 bits per heavy atom. The zero-order valence-corrected chi connectivity index (χ0v) is 14.4. The van der Waals surface area contributed by atoms with Crippen LogP contribution in [0.2, 0.25) is 0 Å². The molecule has 0 spiro atoms. The lowest BCUT2D eigenvalue weighted by molar-refractivity contribution is 0.218. The first-order valence-electron chi connectivity index (χ1n) is 8.31. The van der Waals surface area contributed by atoms with Crippen molar-refractivity contribution in [1.82, 2.24) is 4.90 Å². The van der Waals surface area contributed by atoms with Crippen LogP contribution in [0.3, 0.4) is 0 Å². The molecule has 1 aliphatic heterocycles. The Hall–Kier alpha value is -0.110. The Bertz CT molecular complexity index is 207. The molecule has 1 nitrogen and oxygen atoms in total. The second-order valence-corrected chi connectivity index (χ2v) is 5.77. The van der Waals surface area contributed by atoms with Gasteiger partial charge in [0.05, 0.1) is 0 Å². The van der Waals surface area contributed by atoms with Crippen LogP contribution in [0.5, 0.6) is 0 Å². The average molecular weight is 286 g/mol. The first-order valence-corrected chi connectivity index (χ1v) is 8.94. The highest BCUT2D eigenvalue weighted by molar-refractivity contribution is 7.80. The van der Waals surface area contributed by atoms with Gasteiger partial charge in [-0.25, -0.2) is 0 Å². The van der Waals surface area contributed by atoms with E-state index in [1.54, 1.807) is 0 Å². The van der Waals surface area contributed by atoms with Gasteiger partial charge >= 0.3 is 0 Å². The molecule has 0 saturated carbocycles. The van der Waals surface area contributed by atoms with E-state index >= 15 is 0 Å². The fourth-order valence-electron chi connectivity index (χ4n) is 2.63. The molecule has 19 heavy (non-hydrogen) atoms. The van der Waals surface area contributed by atoms with Gasteiger partial charge in [-0.3, -0.25) is 0 Å². The smallest absolute Gasteiger partial charge is 0.0177 e. The summed E-state index contributed by atoms with van der Waals surface area (Å²) in [7, 11) is 0. The second kappa shape index (κ2) is 12.9. The van der Waals surface area contributed by atoms with Crippen molar-refractivity contribution in [3.63, 3.8) is 0 Å². The first kappa shape index (κ1) is 18.9. The van der Waals surface area contributed by atoms with E-state index in [4.69, 9.17) is 0 Å². The first-order chi connectivity index (χ1) is 9.27. The van der Waals surface area contributed by atoms with E-state index in [2.05, 4.69) is 31.0 Å². The molecule has 1 saturated heterocycles. The number of hydrogen-bond donors (Lipinski definition) is 1. The van der Waals surface area contributed by atoms with Crippen molar-refractivity contribution in [2.75, 3.05) is 18.8 Å². The van der Waals surface area contributed by atoms with Gasteiger partial charge in [0.25, 0.3) is 0 Å². The van der Waals surface area contributed by atoms with Crippen molar-refractivity contribution in [2.45, 2.75) is 72.1 Å². The maximum Gasteiger partial charge on any atom is 0.0177 e. The van der Waals surface area contributed by atoms with Gasteiger partial charge in [0.2, 0.25) is 0 Å². The van der Waals surface area contributed by atoms with Crippen molar-refractivity contribution in [1.29, 1.82) is 0 Å². The number of piperidine rings is 1. The predicted octanol–water partition coefficient (Wildman–Crippen LogP) is 5.53. The van der Waals surface area contributed by atoms with Gasteiger partial charge in [-0.05, 0) is 43.8 Å². The standard InChI is InChI=1S/C15H29NS.C2H6/c1-3-4-5-6-7-14(2)16-11-8-15(9-12-16)10-13-17;1-2/h15,17H,2-13H2,1H3;1-2H3. The molecule has 0 aromatic carbocycles. The number of rotatable bonds is 8. The van der Waals surface area contributed by atoms with Crippen molar-refractivity contribution in [3.8, 4) is 0 Å². The molecular weight excluding hydrogens is 250 g/mol. The normalized spacial score (nSPS) is 15.9. The number of allylic oxidation sites excluding steroid dienone is 1. The summed E-state index contributed by atoms with van der Waals surface area (Å²) in [5, 5.41) is 0. The predicted molar refractivity (Wildman–Crippen MR) is 92.0 cm³/mol. The van der Waals surface area contributed by atoms with Crippen LogP contribution in [-0.2, 0) is 0 Å². The minimum Gasteiger partial charge on any atom is -0.375 e. The van der Waals surface area contributed by atoms with Gasteiger partial charge in [0.15, 0.2) is 0 Å². The third-order valence-corrected chi connectivity index (χ3v) is 4.18. The lowest BCUT2D eigenvalue weighted by Crippen LogP contribution is -2.32. The highest BCUT2D eigenvalue weighted by Crippen LogP contribution is 2.24. The summed E-state index contributed by atoms with van der Waals surface area (Å²) in [5.74, 6) is 1.96. The SMILES string of the molecule is C=C(CCCCCC)N1CCC(CCS)CC1.CC. The maximum atomic E-state index is 4.33. The van der Waals surface area contributed by atoms with E-state index in [0.29, 0.717) is 0 Å². The lowest BCUT2D eigenvalue weighted by Gasteiger charge is -2.34. The molecule has 1 fully saturated rings. The largest absolute Gasteiger partial charge is 0.375 e. The van der Waals surface area contributed by atoms with Crippen LogP contribution in [0.1, 0.15) is 72.1 Å². The Morgan fingerprint density at radius 1 is 1.16 bits per heavy atom. The highest BCUT2D eigenvalue weighted by atomic mass is 32.1. The Kier molecular flexibility index (Phi) is 12.8. The number of likely N-dealkylation sites (tertiary alicyclic amines) is 1. The fraction of sp³-hybridized carbons (Fsp3) is 0.882. The molecule has 1 heterocycles. The quantitative estimate of drug-likeness (QED) is 0.453. The third kappa shape index (κ3) is 8.62. The van der Waals surface area contributed by atoms with Crippen LogP contribution in [-0.4, -0.2) is 23.7 Å². The van der Waals surface area contributed by atoms with E-state index in [1.807, 2.05) is 13.8 Å². The van der Waals surface area contributed by atoms with E-state index in [9.17, 15) is 0 Å². The number of thiol groups is 1. The van der Waals surface area contributed by atoms with Gasteiger partial charge < -0.3 is 4.90 Å². The minimum absolute atomic E-state index is 0.914. The van der Waals surface area contributed by atoms with Crippen LogP contribution in [0.4, 0.5) is 0 Å². The molecule has 114 valence electrons. The molecule has 1 aliphatic rings. The van der Waals surface area contributed by atoms with Crippen molar-refractivity contribution < 1.29 is 0 Å². The van der Waals surface area contributed by atoms with E-state index in [1.165, 1.54) is 70.2 Å². The topological polar surface area (TPSA) is 3.24 Å². The van der Waals surface area contributed by atoms with Gasteiger partial charge in [-0.1, -0.05) is 46.6 Å². The molecule has 0 aromatic rings. The molecule has 0 aromatic heterocycles. The summed E-state index contributed by atoms with van der Waals surface area (Å²) < 4.78 is 0. The van der Waals surface area contributed by atoms with Gasteiger partial charge in [0, 0.05) is 18.8 Å². The minimum atomic E-state index is 0.914. The lowest BCUT2D eigenvalue weighted by atomic mass is 9.94. The Balaban J connectivity index is 0.00000154. The van der Waals surface area contributed by atoms with Crippen molar-refractivity contribution in [3.05, 3.63) is 12.3 Å². The van der Waals surface area contributed by atoms with Crippen molar-refractivity contribution >= 4 is 12.6 Å². The van der Waals surface area contributed by atoms with Crippen molar-refractivity contribution in [2.24, 2.45) is 5.92 Å². The summed E-state index contributed by atoms with van der Waals surface area (Å²) in [6, 6.07) is 0. The van der Waals surface area contributed by atoms with Gasteiger partial charge in [0.1, 0.15) is 0 Å². The summed E-state index contributed by atoms with van der Waals surface area (Å²) in [6.45, 7) is 13.0. The molecular formula is C17H35NS. The molecule has 1 rings (SSSR count). The molecule has 0 atom stereocenters. The fourth-order valence-corrected chi connectivity index (χ4v) is 3.00. The van der Waals surface area contributed by atoms with Crippen LogP contribution in [0.25, 0.3) is 0 Å². The Morgan fingerprint density at radius 3 is 2.32 bits per heavy atom. The van der Waals surface area contributed by atoms with Crippen LogP contribution in [0, 0.1) is 5.92 Å². The summed E-state index contributed by atoms with van der Waals surface area (Å²) in [4.78, 5) is 2.51. The molecule has 0 unspecified atom stereocenters. The van der Waals surface area contributed by atoms with E-state index < -0.39 is 0 Å². The number of nitrogens with zero attached hydrogens (tertiary/aromatic N) is 1. The maximum absolute atomic E-state index is 4.33. The van der Waals surface area contributed by atoms with Gasteiger partial charge in [-0.15, -0.1) is 0 Å². The average Bonchev–Trinajstić information content (AvgIpc) is 2.47. The summed E-state index contributed by atoms with van der Waals surface area (Å²) >= 11 is 4.33. The monoisotopic (exact) mass is 285 g/mol. The zero-order chi connectivity index (χ0) is 14.5. The highest BCUT2D eigenvalue weighted by Gasteiger charge is 2.18. The Labute approximate surface area is 127 Å². The molecule has 2 heteroatoms. The number of hydrogen-bond acceptors (Lipinski definition) is 2.